The smallest absolute Gasteiger partial charge is 0.292 e. The summed E-state index contributed by atoms with van der Waals surface area (Å²) >= 11 is 0. The Hall–Kier alpha value is -4.13. The highest BCUT2D eigenvalue weighted by atomic mass is 16.4. The van der Waals surface area contributed by atoms with Crippen molar-refractivity contribution < 1.29 is 13.6 Å². The predicted octanol–water partition coefficient (Wildman–Crippen LogP) is 4.60. The second-order valence-corrected chi connectivity index (χ2v) is 7.50. The lowest BCUT2D eigenvalue weighted by atomic mass is 10.00. The van der Waals surface area contributed by atoms with Gasteiger partial charge in [0, 0.05) is 29.6 Å². The monoisotopic (exact) mass is 410 g/mol. The van der Waals surface area contributed by atoms with E-state index in [-0.39, 0.29) is 11.7 Å². The van der Waals surface area contributed by atoms with E-state index >= 15 is 0 Å². The molecule has 0 fully saturated rings. The second kappa shape index (κ2) is 6.98. The molecule has 3 aromatic heterocycles. The number of benzene rings is 2. The van der Waals surface area contributed by atoms with Crippen molar-refractivity contribution in [2.45, 2.75) is 12.5 Å². The fourth-order valence-electron chi connectivity index (χ4n) is 4.15. The first-order chi connectivity index (χ1) is 15.3. The molecule has 0 saturated heterocycles. The molecule has 1 aliphatic rings. The number of carbonyl (C=O) groups is 1. The predicted molar refractivity (Wildman–Crippen MR) is 113 cm³/mol. The molecule has 0 saturated carbocycles. The molecular formula is C24H18N4O3. The lowest BCUT2D eigenvalue weighted by molar-refractivity contribution is 0.0641. The second-order valence-electron chi connectivity index (χ2n) is 7.50. The van der Waals surface area contributed by atoms with Crippen molar-refractivity contribution in [3.05, 3.63) is 96.1 Å². The highest BCUT2D eigenvalue weighted by Crippen LogP contribution is 2.37. The molecule has 5 aromatic rings. The number of carbonyl (C=O) groups excluding carboxylic acids is 1. The minimum absolute atomic E-state index is 0.193. The van der Waals surface area contributed by atoms with Gasteiger partial charge >= 0.3 is 0 Å². The van der Waals surface area contributed by atoms with Crippen LogP contribution in [0.4, 0.5) is 0 Å². The quantitative estimate of drug-likeness (QED) is 0.470. The van der Waals surface area contributed by atoms with E-state index in [1.54, 1.807) is 11.2 Å². The molecule has 1 amide bonds. The van der Waals surface area contributed by atoms with Gasteiger partial charge in [-0.25, -0.2) is 9.97 Å². The maximum Gasteiger partial charge on any atom is 0.292 e. The summed E-state index contributed by atoms with van der Waals surface area (Å²) in [5, 5.41) is 0.985. The zero-order valence-corrected chi connectivity index (χ0v) is 16.5. The first kappa shape index (κ1) is 17.7. The standard InChI is InChI=1S/C24H18N4O3/c29-24(20-13-25-23(31-20)15-6-2-1-3-7-15)28-11-10-17-21(27-14-26-17)22(28)19-12-16-8-4-5-9-18(16)30-19/h1-9,12-14,22H,10-11H2,(H,26,27)/t22-/m1/s1. The van der Waals surface area contributed by atoms with Crippen molar-refractivity contribution in [2.24, 2.45) is 0 Å². The molecular weight excluding hydrogens is 392 g/mol. The van der Waals surface area contributed by atoms with E-state index in [1.165, 1.54) is 6.20 Å². The number of oxazole rings is 1. The zero-order chi connectivity index (χ0) is 20.8. The molecule has 4 heterocycles. The number of aromatic nitrogens is 3. The Balaban J connectivity index is 1.40. The van der Waals surface area contributed by atoms with Gasteiger partial charge in [-0.1, -0.05) is 36.4 Å². The number of rotatable bonds is 3. The van der Waals surface area contributed by atoms with Crippen LogP contribution in [0.2, 0.25) is 0 Å². The van der Waals surface area contributed by atoms with Gasteiger partial charge in [0.05, 0.1) is 18.2 Å². The summed E-state index contributed by atoms with van der Waals surface area (Å²) in [6, 6.07) is 18.9. The van der Waals surface area contributed by atoms with Crippen LogP contribution in [-0.2, 0) is 6.42 Å². The van der Waals surface area contributed by atoms with Crippen LogP contribution in [0.1, 0.15) is 33.7 Å². The molecule has 0 radical (unpaired) electrons. The lowest BCUT2D eigenvalue weighted by Gasteiger charge is -2.33. The van der Waals surface area contributed by atoms with Crippen LogP contribution in [0.5, 0.6) is 0 Å². The number of nitrogens with zero attached hydrogens (tertiary/aromatic N) is 3. The van der Waals surface area contributed by atoms with Crippen molar-refractivity contribution in [2.75, 3.05) is 6.54 Å². The average Bonchev–Trinajstić information content (AvgIpc) is 3.57. The Morgan fingerprint density at radius 1 is 1.03 bits per heavy atom. The first-order valence-corrected chi connectivity index (χ1v) is 10.1. The SMILES string of the molecule is O=C(c1cnc(-c2ccccc2)o1)N1CCc2[nH]cnc2[C@H]1c1cc2ccccc2o1. The van der Waals surface area contributed by atoms with Crippen LogP contribution < -0.4 is 0 Å². The van der Waals surface area contributed by atoms with Crippen molar-refractivity contribution in [3.8, 4) is 11.5 Å². The van der Waals surface area contributed by atoms with E-state index in [0.29, 0.717) is 24.6 Å². The van der Waals surface area contributed by atoms with Gasteiger partial charge < -0.3 is 18.7 Å². The van der Waals surface area contributed by atoms with Gasteiger partial charge in [0.2, 0.25) is 11.7 Å². The number of para-hydroxylation sites is 1. The summed E-state index contributed by atoms with van der Waals surface area (Å²) < 4.78 is 12.0. The molecule has 1 aliphatic heterocycles. The van der Waals surface area contributed by atoms with Crippen LogP contribution >= 0.6 is 0 Å². The van der Waals surface area contributed by atoms with Gasteiger partial charge in [-0.15, -0.1) is 0 Å². The Labute approximate surface area is 177 Å². The minimum atomic E-state index is -0.444. The van der Waals surface area contributed by atoms with E-state index < -0.39 is 6.04 Å². The van der Waals surface area contributed by atoms with Crippen molar-refractivity contribution >= 4 is 16.9 Å². The number of nitrogens with one attached hydrogen (secondary N) is 1. The molecule has 1 atom stereocenters. The maximum atomic E-state index is 13.5. The molecule has 0 aliphatic carbocycles. The number of hydrogen-bond acceptors (Lipinski definition) is 5. The Morgan fingerprint density at radius 3 is 2.74 bits per heavy atom. The van der Waals surface area contributed by atoms with E-state index in [9.17, 15) is 4.79 Å². The topological polar surface area (TPSA) is 88.2 Å². The highest BCUT2D eigenvalue weighted by Gasteiger charge is 2.38. The zero-order valence-electron chi connectivity index (χ0n) is 16.5. The maximum absolute atomic E-state index is 13.5. The highest BCUT2D eigenvalue weighted by molar-refractivity contribution is 5.92. The van der Waals surface area contributed by atoms with Gasteiger partial charge in [-0.05, 0) is 24.3 Å². The third-order valence-corrected chi connectivity index (χ3v) is 5.64. The molecule has 2 aromatic carbocycles. The van der Waals surface area contributed by atoms with Gasteiger partial charge in [0.15, 0.2) is 0 Å². The molecule has 0 bridgehead atoms. The van der Waals surface area contributed by atoms with Crippen LogP contribution in [-0.4, -0.2) is 32.3 Å². The minimum Gasteiger partial charge on any atom is -0.458 e. The molecule has 0 unspecified atom stereocenters. The molecule has 31 heavy (non-hydrogen) atoms. The lowest BCUT2D eigenvalue weighted by Crippen LogP contribution is -2.40. The molecule has 152 valence electrons. The third kappa shape index (κ3) is 2.93. The fourth-order valence-corrected chi connectivity index (χ4v) is 4.15. The fraction of sp³-hybridized carbons (Fsp3) is 0.125. The normalized spacial score (nSPS) is 15.9. The Bertz CT molecular complexity index is 1350. The summed E-state index contributed by atoms with van der Waals surface area (Å²) in [7, 11) is 0. The summed E-state index contributed by atoms with van der Waals surface area (Å²) in [5.41, 5.74) is 3.40. The van der Waals surface area contributed by atoms with Crippen molar-refractivity contribution in [1.82, 2.24) is 19.9 Å². The van der Waals surface area contributed by atoms with Gasteiger partial charge in [-0.3, -0.25) is 4.79 Å². The number of hydrogen-bond donors (Lipinski definition) is 1. The van der Waals surface area contributed by atoms with E-state index in [2.05, 4.69) is 15.0 Å². The summed E-state index contributed by atoms with van der Waals surface area (Å²) in [5.74, 6) is 1.04. The number of H-pyrrole nitrogens is 1. The number of fused-ring (bicyclic) bond motifs is 2. The third-order valence-electron chi connectivity index (χ3n) is 5.64. The molecule has 7 nitrogen and oxygen atoms in total. The van der Waals surface area contributed by atoms with Gasteiger partial charge in [-0.2, -0.15) is 0 Å². The van der Waals surface area contributed by atoms with Gasteiger partial charge in [0.1, 0.15) is 17.4 Å². The van der Waals surface area contributed by atoms with E-state index in [4.69, 9.17) is 8.83 Å². The molecule has 6 rings (SSSR count). The summed E-state index contributed by atoms with van der Waals surface area (Å²) in [4.78, 5) is 27.2. The Morgan fingerprint density at radius 2 is 1.87 bits per heavy atom. The van der Waals surface area contributed by atoms with Crippen molar-refractivity contribution in [1.29, 1.82) is 0 Å². The van der Waals surface area contributed by atoms with Gasteiger partial charge in [0.25, 0.3) is 5.91 Å². The number of furan rings is 1. The number of amides is 1. The summed E-state index contributed by atoms with van der Waals surface area (Å²) in [6.45, 7) is 0.511. The molecule has 1 N–H and O–H groups in total. The van der Waals surface area contributed by atoms with E-state index in [0.717, 1.165) is 27.9 Å². The summed E-state index contributed by atoms with van der Waals surface area (Å²) in [6.07, 6.45) is 3.83. The van der Waals surface area contributed by atoms with Crippen LogP contribution in [0, 0.1) is 0 Å². The van der Waals surface area contributed by atoms with Crippen LogP contribution in [0.15, 0.2) is 82.0 Å². The first-order valence-electron chi connectivity index (χ1n) is 10.1. The molecule has 7 heteroatoms. The average molecular weight is 410 g/mol. The van der Waals surface area contributed by atoms with E-state index in [1.807, 2.05) is 60.7 Å². The van der Waals surface area contributed by atoms with Crippen molar-refractivity contribution in [3.63, 3.8) is 0 Å². The van der Waals surface area contributed by atoms with Crippen LogP contribution in [0.25, 0.3) is 22.4 Å². The largest absolute Gasteiger partial charge is 0.458 e. The Kier molecular flexibility index (Phi) is 3.99. The number of aromatic amines is 1. The van der Waals surface area contributed by atoms with Crippen LogP contribution in [0.3, 0.4) is 0 Å². The molecule has 0 spiro atoms. The number of imidazole rings is 1.